The van der Waals surface area contributed by atoms with Crippen LogP contribution in [0.1, 0.15) is 12.2 Å². The Hall–Kier alpha value is -3.82. The van der Waals surface area contributed by atoms with E-state index in [0.29, 0.717) is 33.9 Å². The molecule has 0 aromatic carbocycles. The van der Waals surface area contributed by atoms with Gasteiger partial charge in [-0.15, -0.1) is 0 Å². The van der Waals surface area contributed by atoms with Crippen molar-refractivity contribution in [3.63, 3.8) is 0 Å². The number of rotatable bonds is 5. The Morgan fingerprint density at radius 2 is 2.09 bits per heavy atom. The first-order valence-electron chi connectivity index (χ1n) is 10.1. The van der Waals surface area contributed by atoms with Crippen LogP contribution in [0.15, 0.2) is 41.2 Å². The standard InChI is InChI=1S/C21H20N8O3S/c1-13-18(20(23)27-32-13)17-10-16-14(4-3-8-24-16)19(25-17)15-5-9-29(26-15)21(6-7-22)11-28(12-21)33(2,30)31/h3-5,8-10H,6,11-12H2,1-2H3,(H2,23,27). The summed E-state index contributed by atoms with van der Waals surface area (Å²) < 4.78 is 32.0. The zero-order valence-corrected chi connectivity index (χ0v) is 18.7. The van der Waals surface area contributed by atoms with Gasteiger partial charge in [-0.05, 0) is 31.2 Å². The number of nitrogens with zero attached hydrogens (tertiary/aromatic N) is 7. The summed E-state index contributed by atoms with van der Waals surface area (Å²) in [6, 6.07) is 9.49. The average molecular weight is 465 g/mol. The summed E-state index contributed by atoms with van der Waals surface area (Å²) in [5.41, 5.74) is 8.28. The molecule has 4 aromatic rings. The summed E-state index contributed by atoms with van der Waals surface area (Å²) >= 11 is 0. The van der Waals surface area contributed by atoms with Crippen molar-refractivity contribution in [2.75, 3.05) is 25.1 Å². The van der Waals surface area contributed by atoms with Crippen molar-refractivity contribution < 1.29 is 12.9 Å². The summed E-state index contributed by atoms with van der Waals surface area (Å²) in [7, 11) is -3.34. The van der Waals surface area contributed by atoms with Crippen molar-refractivity contribution in [1.82, 2.24) is 29.2 Å². The maximum absolute atomic E-state index is 11.9. The molecule has 168 valence electrons. The van der Waals surface area contributed by atoms with Gasteiger partial charge < -0.3 is 10.3 Å². The number of aromatic nitrogens is 5. The van der Waals surface area contributed by atoms with Gasteiger partial charge in [0.25, 0.3) is 0 Å². The predicted octanol–water partition coefficient (Wildman–Crippen LogP) is 1.92. The predicted molar refractivity (Wildman–Crippen MR) is 120 cm³/mol. The zero-order valence-electron chi connectivity index (χ0n) is 17.9. The lowest BCUT2D eigenvalue weighted by molar-refractivity contribution is 0.0726. The molecule has 0 saturated carbocycles. The molecule has 4 aromatic heterocycles. The lowest BCUT2D eigenvalue weighted by Gasteiger charge is -2.47. The monoisotopic (exact) mass is 464 g/mol. The molecule has 1 saturated heterocycles. The second-order valence-electron chi connectivity index (χ2n) is 8.16. The number of nitrogen functional groups attached to an aromatic ring is 1. The largest absolute Gasteiger partial charge is 0.380 e. The van der Waals surface area contributed by atoms with Crippen LogP contribution in [0, 0.1) is 18.3 Å². The second-order valence-corrected chi connectivity index (χ2v) is 10.1. The van der Waals surface area contributed by atoms with Gasteiger partial charge in [0.15, 0.2) is 5.82 Å². The first kappa shape index (κ1) is 21.0. The van der Waals surface area contributed by atoms with E-state index in [-0.39, 0.29) is 25.3 Å². The van der Waals surface area contributed by atoms with E-state index in [1.54, 1.807) is 30.1 Å². The highest BCUT2D eigenvalue weighted by molar-refractivity contribution is 7.88. The van der Waals surface area contributed by atoms with Gasteiger partial charge in [0.2, 0.25) is 10.0 Å². The van der Waals surface area contributed by atoms with Crippen molar-refractivity contribution in [2.45, 2.75) is 18.9 Å². The highest BCUT2D eigenvalue weighted by Crippen LogP contribution is 2.36. The third kappa shape index (κ3) is 3.42. The molecule has 0 spiro atoms. The van der Waals surface area contributed by atoms with E-state index < -0.39 is 15.6 Å². The smallest absolute Gasteiger partial charge is 0.211 e. The molecular formula is C21H20N8O3S. The van der Waals surface area contributed by atoms with Gasteiger partial charge in [-0.1, -0.05) is 5.16 Å². The molecule has 5 rings (SSSR count). The van der Waals surface area contributed by atoms with Gasteiger partial charge in [0.1, 0.15) is 22.7 Å². The highest BCUT2D eigenvalue weighted by atomic mass is 32.2. The first-order valence-corrected chi connectivity index (χ1v) is 11.9. The van der Waals surface area contributed by atoms with Gasteiger partial charge in [-0.25, -0.2) is 13.4 Å². The molecule has 2 N–H and O–H groups in total. The quantitative estimate of drug-likeness (QED) is 0.466. The molecule has 0 radical (unpaired) electrons. The Balaban J connectivity index is 1.62. The topological polar surface area (TPSA) is 157 Å². The number of pyridine rings is 2. The number of hydrogen-bond acceptors (Lipinski definition) is 9. The van der Waals surface area contributed by atoms with Crippen molar-refractivity contribution in [2.24, 2.45) is 0 Å². The number of sulfonamides is 1. The molecule has 1 aliphatic heterocycles. The Kier molecular flexibility index (Phi) is 4.70. The number of anilines is 1. The van der Waals surface area contributed by atoms with E-state index in [1.807, 2.05) is 18.2 Å². The lowest BCUT2D eigenvalue weighted by Crippen LogP contribution is -2.63. The van der Waals surface area contributed by atoms with Crippen LogP contribution < -0.4 is 5.73 Å². The third-order valence-electron chi connectivity index (χ3n) is 5.88. The summed E-state index contributed by atoms with van der Waals surface area (Å²) in [6.07, 6.45) is 4.73. The van der Waals surface area contributed by atoms with E-state index in [9.17, 15) is 13.7 Å². The number of aryl methyl sites for hydroxylation is 1. The van der Waals surface area contributed by atoms with Gasteiger partial charge in [-0.2, -0.15) is 14.7 Å². The summed E-state index contributed by atoms with van der Waals surface area (Å²) in [5, 5.41) is 18.7. The average Bonchev–Trinajstić information content (AvgIpc) is 3.36. The molecule has 0 aliphatic carbocycles. The fourth-order valence-electron chi connectivity index (χ4n) is 4.14. The number of fused-ring (bicyclic) bond motifs is 1. The fourth-order valence-corrected chi connectivity index (χ4v) is 5.09. The van der Waals surface area contributed by atoms with E-state index in [1.165, 1.54) is 4.31 Å². The normalized spacial score (nSPS) is 15.9. The Morgan fingerprint density at radius 1 is 1.30 bits per heavy atom. The van der Waals surface area contributed by atoms with Gasteiger partial charge in [-0.3, -0.25) is 9.67 Å². The maximum Gasteiger partial charge on any atom is 0.211 e. The van der Waals surface area contributed by atoms with E-state index in [4.69, 9.17) is 20.3 Å². The number of nitrogens with two attached hydrogens (primary N) is 1. The molecule has 33 heavy (non-hydrogen) atoms. The summed E-state index contributed by atoms with van der Waals surface area (Å²) in [4.78, 5) is 9.27. The van der Waals surface area contributed by atoms with Crippen LogP contribution in [0.2, 0.25) is 0 Å². The van der Waals surface area contributed by atoms with Crippen molar-refractivity contribution in [3.05, 3.63) is 42.4 Å². The van der Waals surface area contributed by atoms with Gasteiger partial charge in [0, 0.05) is 30.9 Å². The van der Waals surface area contributed by atoms with Crippen LogP contribution in [-0.4, -0.2) is 57.0 Å². The fraction of sp³-hybridized carbons (Fsp3) is 0.286. The van der Waals surface area contributed by atoms with Crippen LogP contribution in [0.5, 0.6) is 0 Å². The summed E-state index contributed by atoms with van der Waals surface area (Å²) in [5.74, 6) is 0.769. The Bertz CT molecular complexity index is 1510. The van der Waals surface area contributed by atoms with Crippen LogP contribution in [0.3, 0.4) is 0 Å². The number of nitriles is 1. The van der Waals surface area contributed by atoms with Crippen LogP contribution in [0.25, 0.3) is 33.5 Å². The minimum atomic E-state index is -3.34. The van der Waals surface area contributed by atoms with E-state index in [0.717, 1.165) is 11.6 Å². The summed E-state index contributed by atoms with van der Waals surface area (Å²) in [6.45, 7) is 2.13. The molecule has 1 aliphatic rings. The molecule has 1 fully saturated rings. The molecule has 0 atom stereocenters. The second kappa shape index (κ2) is 7.36. The van der Waals surface area contributed by atoms with Crippen molar-refractivity contribution in [1.29, 1.82) is 5.26 Å². The van der Waals surface area contributed by atoms with Gasteiger partial charge >= 0.3 is 0 Å². The Labute approximate surface area is 189 Å². The maximum atomic E-state index is 11.9. The van der Waals surface area contributed by atoms with E-state index in [2.05, 4.69) is 16.2 Å². The highest BCUT2D eigenvalue weighted by Gasteiger charge is 2.49. The molecule has 0 bridgehead atoms. The molecular weight excluding hydrogens is 444 g/mol. The lowest BCUT2D eigenvalue weighted by atomic mass is 9.89. The van der Waals surface area contributed by atoms with E-state index >= 15 is 0 Å². The molecule has 5 heterocycles. The van der Waals surface area contributed by atoms with Crippen LogP contribution in [0.4, 0.5) is 5.82 Å². The molecule has 11 nitrogen and oxygen atoms in total. The molecule has 12 heteroatoms. The zero-order chi connectivity index (χ0) is 23.4. The molecule has 0 unspecified atom stereocenters. The Morgan fingerprint density at radius 3 is 2.76 bits per heavy atom. The number of hydrogen-bond donors (Lipinski definition) is 1. The van der Waals surface area contributed by atoms with Crippen LogP contribution in [-0.2, 0) is 15.6 Å². The third-order valence-corrected chi connectivity index (χ3v) is 7.08. The molecule has 0 amide bonds. The minimum absolute atomic E-state index is 0.131. The minimum Gasteiger partial charge on any atom is -0.380 e. The van der Waals surface area contributed by atoms with Crippen molar-refractivity contribution >= 4 is 26.7 Å². The van der Waals surface area contributed by atoms with Gasteiger partial charge in [0.05, 0.1) is 35.5 Å². The SMILES string of the molecule is Cc1onc(N)c1-c1cc2ncccc2c(-c2ccn(C3(CC#N)CN(S(C)(=O)=O)C3)n2)n1. The first-order chi connectivity index (χ1) is 15.7. The van der Waals surface area contributed by atoms with Crippen molar-refractivity contribution in [3.8, 4) is 28.7 Å². The van der Waals surface area contributed by atoms with Crippen LogP contribution >= 0.6 is 0 Å².